The Morgan fingerprint density at radius 2 is 0.900 bits per heavy atom. The van der Waals surface area contributed by atoms with Gasteiger partial charge in [0.2, 0.25) is 0 Å². The van der Waals surface area contributed by atoms with Crippen molar-refractivity contribution in [1.29, 1.82) is 0 Å². The van der Waals surface area contributed by atoms with Crippen LogP contribution >= 0.6 is 0 Å². The zero-order valence-electron chi connectivity index (χ0n) is 15.9. The van der Waals surface area contributed by atoms with Crippen LogP contribution in [0.2, 0.25) is 0 Å². The Labute approximate surface area is 172 Å². The Morgan fingerprint density at radius 1 is 0.500 bits per heavy atom. The third kappa shape index (κ3) is 2.95. The third-order valence-electron chi connectivity index (χ3n) is 5.25. The van der Waals surface area contributed by atoms with Crippen LogP contribution in [0.15, 0.2) is 84.9 Å². The number of hydrogen-bond acceptors (Lipinski definition) is 4. The van der Waals surface area contributed by atoms with Crippen molar-refractivity contribution in [2.75, 3.05) is 0 Å². The lowest BCUT2D eigenvalue weighted by molar-refractivity contribution is 0.111. The average molecular weight is 388 g/mol. The van der Waals surface area contributed by atoms with Gasteiger partial charge in [0.1, 0.15) is 0 Å². The lowest BCUT2D eigenvalue weighted by Gasteiger charge is -2.09. The molecular formula is C26H16N2O2. The molecule has 3 aromatic carbocycles. The fourth-order valence-electron chi connectivity index (χ4n) is 3.73. The maximum Gasteiger partial charge on any atom is 0.150 e. The summed E-state index contributed by atoms with van der Waals surface area (Å²) in [5, 5.41) is 1.92. The number of rotatable bonds is 4. The third-order valence-corrected chi connectivity index (χ3v) is 5.25. The number of hydrogen-bond donors (Lipinski definition) is 0. The quantitative estimate of drug-likeness (QED) is 0.291. The minimum absolute atomic E-state index is 0.596. The SMILES string of the molecule is O=Cc1ccccc1-c1ccc2ccc3ccc(-c4ccccc4C=O)nc3c2n1. The second-order valence-corrected chi connectivity index (χ2v) is 7.01. The van der Waals surface area contributed by atoms with E-state index in [9.17, 15) is 9.59 Å². The molecule has 0 amide bonds. The van der Waals surface area contributed by atoms with Gasteiger partial charge in [0.05, 0.1) is 22.4 Å². The highest BCUT2D eigenvalue weighted by molar-refractivity contribution is 6.04. The van der Waals surface area contributed by atoms with E-state index >= 15 is 0 Å². The fraction of sp³-hybridized carbons (Fsp3) is 0. The van der Waals surface area contributed by atoms with Crippen LogP contribution in [0.1, 0.15) is 20.7 Å². The largest absolute Gasteiger partial charge is 0.298 e. The number of nitrogens with zero attached hydrogens (tertiary/aromatic N) is 2. The first-order chi connectivity index (χ1) is 14.8. The van der Waals surface area contributed by atoms with Crippen molar-refractivity contribution < 1.29 is 9.59 Å². The van der Waals surface area contributed by atoms with E-state index < -0.39 is 0 Å². The topological polar surface area (TPSA) is 59.9 Å². The molecule has 0 saturated carbocycles. The summed E-state index contributed by atoms with van der Waals surface area (Å²) < 4.78 is 0. The molecule has 0 N–H and O–H groups in total. The van der Waals surface area contributed by atoms with Gasteiger partial charge in [-0.05, 0) is 12.1 Å². The molecule has 0 unspecified atom stereocenters. The van der Waals surface area contributed by atoms with E-state index in [0.717, 1.165) is 56.9 Å². The molecule has 4 heteroatoms. The Bertz CT molecular complexity index is 1330. The molecule has 0 atom stereocenters. The molecule has 0 aliphatic carbocycles. The van der Waals surface area contributed by atoms with E-state index in [-0.39, 0.29) is 0 Å². The lowest BCUT2D eigenvalue weighted by Crippen LogP contribution is -1.94. The summed E-state index contributed by atoms with van der Waals surface area (Å²) >= 11 is 0. The summed E-state index contributed by atoms with van der Waals surface area (Å²) in [5.74, 6) is 0. The highest BCUT2D eigenvalue weighted by Gasteiger charge is 2.11. The predicted molar refractivity (Wildman–Crippen MR) is 119 cm³/mol. The van der Waals surface area contributed by atoms with E-state index in [4.69, 9.17) is 9.97 Å². The summed E-state index contributed by atoms with van der Waals surface area (Å²) in [6, 6.07) is 26.7. The van der Waals surface area contributed by atoms with Crippen LogP contribution < -0.4 is 0 Å². The van der Waals surface area contributed by atoms with Crippen LogP contribution in [-0.2, 0) is 0 Å². The standard InChI is InChI=1S/C26H16N2O2/c29-15-19-5-1-3-7-21(19)23-13-11-17-9-10-18-12-14-24(28-26(18)25(17)27-23)22-8-4-2-6-20(22)16-30/h1-16H. The number of benzene rings is 3. The Balaban J connectivity index is 1.77. The number of carbonyl (C=O) groups excluding carboxylic acids is 2. The molecule has 0 aliphatic heterocycles. The summed E-state index contributed by atoms with van der Waals surface area (Å²) in [6.07, 6.45) is 1.69. The van der Waals surface area contributed by atoms with Crippen molar-refractivity contribution >= 4 is 34.4 Å². The minimum Gasteiger partial charge on any atom is -0.298 e. The lowest BCUT2D eigenvalue weighted by atomic mass is 10.0. The van der Waals surface area contributed by atoms with E-state index in [1.807, 2.05) is 72.8 Å². The number of pyridine rings is 2. The first-order valence-electron chi connectivity index (χ1n) is 9.58. The molecule has 142 valence electrons. The molecule has 0 aliphatic rings. The fourth-order valence-corrected chi connectivity index (χ4v) is 3.73. The second kappa shape index (κ2) is 7.33. The molecule has 5 aromatic rings. The Kier molecular flexibility index (Phi) is 4.37. The Morgan fingerprint density at radius 3 is 1.33 bits per heavy atom. The van der Waals surface area contributed by atoms with Crippen molar-refractivity contribution in [1.82, 2.24) is 9.97 Å². The zero-order chi connectivity index (χ0) is 20.5. The molecule has 2 heterocycles. The van der Waals surface area contributed by atoms with Gasteiger partial charge in [0, 0.05) is 33.0 Å². The van der Waals surface area contributed by atoms with Crippen LogP contribution in [-0.4, -0.2) is 22.5 Å². The first kappa shape index (κ1) is 17.9. The number of aldehydes is 2. The first-order valence-corrected chi connectivity index (χ1v) is 9.58. The second-order valence-electron chi connectivity index (χ2n) is 7.01. The Hall–Kier alpha value is -4.18. The maximum absolute atomic E-state index is 11.5. The van der Waals surface area contributed by atoms with E-state index in [1.165, 1.54) is 0 Å². The minimum atomic E-state index is 0.596. The number of aromatic nitrogens is 2. The highest BCUT2D eigenvalue weighted by Crippen LogP contribution is 2.30. The van der Waals surface area contributed by atoms with Crippen molar-refractivity contribution in [2.45, 2.75) is 0 Å². The van der Waals surface area contributed by atoms with Gasteiger partial charge in [-0.3, -0.25) is 9.59 Å². The van der Waals surface area contributed by atoms with Gasteiger partial charge in [-0.1, -0.05) is 72.8 Å². The van der Waals surface area contributed by atoms with Gasteiger partial charge in [-0.15, -0.1) is 0 Å². The average Bonchev–Trinajstić information content (AvgIpc) is 2.83. The molecule has 4 nitrogen and oxygen atoms in total. The van der Waals surface area contributed by atoms with Gasteiger partial charge in [0.15, 0.2) is 12.6 Å². The molecule has 30 heavy (non-hydrogen) atoms. The summed E-state index contributed by atoms with van der Waals surface area (Å²) in [5.41, 5.74) is 5.72. The van der Waals surface area contributed by atoms with Crippen LogP contribution in [0.5, 0.6) is 0 Å². The van der Waals surface area contributed by atoms with Crippen LogP contribution in [0.4, 0.5) is 0 Å². The smallest absolute Gasteiger partial charge is 0.150 e. The predicted octanol–water partition coefficient (Wildman–Crippen LogP) is 5.74. The van der Waals surface area contributed by atoms with Gasteiger partial charge in [-0.25, -0.2) is 9.97 Å². The van der Waals surface area contributed by atoms with Gasteiger partial charge >= 0.3 is 0 Å². The molecule has 0 spiro atoms. The molecule has 0 saturated heterocycles. The molecule has 0 bridgehead atoms. The van der Waals surface area contributed by atoms with Crippen LogP contribution in [0, 0.1) is 0 Å². The van der Waals surface area contributed by atoms with E-state index in [1.54, 1.807) is 12.1 Å². The van der Waals surface area contributed by atoms with Crippen molar-refractivity contribution in [3.63, 3.8) is 0 Å². The van der Waals surface area contributed by atoms with Gasteiger partial charge < -0.3 is 0 Å². The number of fused-ring (bicyclic) bond motifs is 3. The molecular weight excluding hydrogens is 372 g/mol. The monoisotopic (exact) mass is 388 g/mol. The van der Waals surface area contributed by atoms with E-state index in [2.05, 4.69) is 0 Å². The summed E-state index contributed by atoms with van der Waals surface area (Å²) in [4.78, 5) is 32.7. The molecule has 0 fully saturated rings. The van der Waals surface area contributed by atoms with Crippen LogP contribution in [0.3, 0.4) is 0 Å². The highest BCUT2D eigenvalue weighted by atomic mass is 16.1. The van der Waals surface area contributed by atoms with Gasteiger partial charge in [-0.2, -0.15) is 0 Å². The van der Waals surface area contributed by atoms with Crippen molar-refractivity contribution in [2.24, 2.45) is 0 Å². The molecule has 5 rings (SSSR count). The van der Waals surface area contributed by atoms with Crippen LogP contribution in [0.25, 0.3) is 44.3 Å². The normalized spacial score (nSPS) is 10.9. The maximum atomic E-state index is 11.5. The zero-order valence-corrected chi connectivity index (χ0v) is 15.9. The van der Waals surface area contributed by atoms with E-state index in [0.29, 0.717) is 11.1 Å². The summed E-state index contributed by atoms with van der Waals surface area (Å²) in [7, 11) is 0. The number of carbonyl (C=O) groups is 2. The summed E-state index contributed by atoms with van der Waals surface area (Å²) in [6.45, 7) is 0. The molecule has 2 aromatic heterocycles. The molecule has 0 radical (unpaired) electrons. The van der Waals surface area contributed by atoms with Crippen molar-refractivity contribution in [3.05, 3.63) is 96.1 Å². The van der Waals surface area contributed by atoms with Crippen molar-refractivity contribution in [3.8, 4) is 22.5 Å². The van der Waals surface area contributed by atoms with Gasteiger partial charge in [0.25, 0.3) is 0 Å².